The van der Waals surface area contributed by atoms with E-state index in [4.69, 9.17) is 11.6 Å². The average molecular weight is 345 g/mol. The first-order chi connectivity index (χ1) is 11.5. The van der Waals surface area contributed by atoms with Gasteiger partial charge >= 0.3 is 0 Å². The van der Waals surface area contributed by atoms with Crippen molar-refractivity contribution in [2.45, 2.75) is 26.7 Å². The van der Waals surface area contributed by atoms with E-state index in [1.165, 1.54) is 0 Å². The van der Waals surface area contributed by atoms with Gasteiger partial charge in [-0.2, -0.15) is 0 Å². The van der Waals surface area contributed by atoms with Crippen LogP contribution in [0, 0.1) is 12.8 Å². The van der Waals surface area contributed by atoms with Gasteiger partial charge in [-0.1, -0.05) is 24.6 Å². The lowest BCUT2D eigenvalue weighted by Gasteiger charge is -2.30. The monoisotopic (exact) mass is 344 g/mol. The minimum Gasteiger partial charge on any atom is -0.341 e. The first-order valence-corrected chi connectivity index (χ1v) is 8.56. The number of carbonyl (C=O) groups is 1. The van der Waals surface area contributed by atoms with Crippen LogP contribution >= 0.6 is 11.6 Å². The molecule has 1 fully saturated rings. The molecular weight excluding hydrogens is 324 g/mol. The zero-order valence-corrected chi connectivity index (χ0v) is 14.7. The molecule has 1 N–H and O–H groups in total. The number of carbonyl (C=O) groups excluding carboxylic acids is 1. The summed E-state index contributed by atoms with van der Waals surface area (Å²) >= 11 is 5.95. The van der Waals surface area contributed by atoms with Crippen molar-refractivity contribution in [3.05, 3.63) is 46.7 Å². The fourth-order valence-electron chi connectivity index (χ4n) is 2.78. The summed E-state index contributed by atoms with van der Waals surface area (Å²) in [7, 11) is 0. The van der Waals surface area contributed by atoms with Crippen molar-refractivity contribution in [3.8, 4) is 0 Å². The fourth-order valence-corrected chi connectivity index (χ4v) is 2.97. The van der Waals surface area contributed by atoms with E-state index in [0.717, 1.165) is 37.5 Å². The van der Waals surface area contributed by atoms with E-state index in [2.05, 4.69) is 27.1 Å². The number of nitrogens with zero attached hydrogens (tertiary/aromatic N) is 3. The molecule has 0 bridgehead atoms. The summed E-state index contributed by atoms with van der Waals surface area (Å²) in [4.78, 5) is 23.6. The van der Waals surface area contributed by atoms with Crippen LogP contribution in [0.2, 0.25) is 5.02 Å². The first-order valence-electron chi connectivity index (χ1n) is 8.19. The number of halogens is 1. The smallest absolute Gasteiger partial charge is 0.274 e. The van der Waals surface area contributed by atoms with Gasteiger partial charge in [0.15, 0.2) is 0 Å². The molecule has 6 heteroatoms. The Bertz CT molecular complexity index is 742. The summed E-state index contributed by atoms with van der Waals surface area (Å²) in [6, 6.07) is 8.77. The molecule has 1 saturated heterocycles. The van der Waals surface area contributed by atoms with E-state index < -0.39 is 0 Å². The van der Waals surface area contributed by atoms with Crippen molar-refractivity contribution in [2.24, 2.45) is 5.92 Å². The molecule has 0 spiro atoms. The van der Waals surface area contributed by atoms with Crippen LogP contribution in [0.3, 0.4) is 0 Å². The van der Waals surface area contributed by atoms with Crippen LogP contribution in [-0.4, -0.2) is 29.0 Å². The van der Waals surface area contributed by atoms with E-state index in [1.807, 2.05) is 6.92 Å². The molecule has 1 amide bonds. The number of hydrogen-bond donors (Lipinski definition) is 1. The van der Waals surface area contributed by atoms with E-state index in [9.17, 15) is 4.79 Å². The van der Waals surface area contributed by atoms with E-state index in [1.54, 1.807) is 30.3 Å². The topological polar surface area (TPSA) is 58.1 Å². The Morgan fingerprint density at radius 3 is 2.71 bits per heavy atom. The van der Waals surface area contributed by atoms with Gasteiger partial charge in [0.1, 0.15) is 5.69 Å². The molecule has 1 aliphatic heterocycles. The van der Waals surface area contributed by atoms with Crippen molar-refractivity contribution < 1.29 is 4.79 Å². The standard InChI is InChI=1S/C18H21ClN4O/c1-12-6-8-23(9-7-12)18-20-13(2)10-16(22-18)17(24)21-15-5-3-4-14(19)11-15/h3-5,10-12H,6-9H2,1-2H3,(H,21,24). The first kappa shape index (κ1) is 16.7. The molecule has 1 aromatic heterocycles. The van der Waals surface area contributed by atoms with Gasteiger partial charge < -0.3 is 10.2 Å². The van der Waals surface area contributed by atoms with Crippen molar-refractivity contribution in [3.63, 3.8) is 0 Å². The second-order valence-electron chi connectivity index (χ2n) is 6.33. The Morgan fingerprint density at radius 1 is 1.25 bits per heavy atom. The molecular formula is C18H21ClN4O. The highest BCUT2D eigenvalue weighted by molar-refractivity contribution is 6.30. The van der Waals surface area contributed by atoms with Crippen LogP contribution in [0.5, 0.6) is 0 Å². The van der Waals surface area contributed by atoms with E-state index >= 15 is 0 Å². The maximum absolute atomic E-state index is 12.5. The Labute approximate surface area is 147 Å². The van der Waals surface area contributed by atoms with Crippen LogP contribution in [0.25, 0.3) is 0 Å². The number of anilines is 2. The highest BCUT2D eigenvalue weighted by Gasteiger charge is 2.20. The molecule has 0 aliphatic carbocycles. The number of amides is 1. The van der Waals surface area contributed by atoms with Crippen LogP contribution < -0.4 is 10.2 Å². The number of hydrogen-bond acceptors (Lipinski definition) is 4. The largest absolute Gasteiger partial charge is 0.341 e. The van der Waals surface area contributed by atoms with Gasteiger partial charge in [-0.3, -0.25) is 4.79 Å². The van der Waals surface area contributed by atoms with Gasteiger partial charge in [0.2, 0.25) is 5.95 Å². The second kappa shape index (κ2) is 7.18. The third-order valence-corrected chi connectivity index (χ3v) is 4.46. The summed E-state index contributed by atoms with van der Waals surface area (Å²) in [6.45, 7) is 6.01. The molecule has 2 heterocycles. The molecule has 2 aromatic rings. The van der Waals surface area contributed by atoms with Gasteiger partial charge in [0, 0.05) is 29.5 Å². The minimum atomic E-state index is -0.255. The number of piperidine rings is 1. The zero-order chi connectivity index (χ0) is 17.1. The third-order valence-electron chi connectivity index (χ3n) is 4.22. The molecule has 5 nitrogen and oxygen atoms in total. The lowest BCUT2D eigenvalue weighted by molar-refractivity contribution is 0.102. The normalized spacial score (nSPS) is 15.4. The Kier molecular flexibility index (Phi) is 5.00. The molecule has 3 rings (SSSR count). The number of rotatable bonds is 3. The van der Waals surface area contributed by atoms with E-state index in [0.29, 0.717) is 22.4 Å². The summed E-state index contributed by atoms with van der Waals surface area (Å²) in [5.41, 5.74) is 1.81. The third kappa shape index (κ3) is 4.03. The molecule has 0 radical (unpaired) electrons. The number of nitrogens with one attached hydrogen (secondary N) is 1. The highest BCUT2D eigenvalue weighted by atomic mass is 35.5. The molecule has 1 aliphatic rings. The van der Waals surface area contributed by atoms with Gasteiger partial charge in [-0.25, -0.2) is 9.97 Å². The van der Waals surface area contributed by atoms with Gasteiger partial charge in [0.25, 0.3) is 5.91 Å². The SMILES string of the molecule is Cc1cc(C(=O)Nc2cccc(Cl)c2)nc(N2CCC(C)CC2)n1. The Morgan fingerprint density at radius 2 is 2.00 bits per heavy atom. The maximum Gasteiger partial charge on any atom is 0.274 e. The predicted octanol–water partition coefficient (Wildman–Crippen LogP) is 3.93. The highest BCUT2D eigenvalue weighted by Crippen LogP contribution is 2.21. The van der Waals surface area contributed by atoms with Crippen LogP contribution in [-0.2, 0) is 0 Å². The van der Waals surface area contributed by atoms with Crippen LogP contribution in [0.4, 0.5) is 11.6 Å². The van der Waals surface area contributed by atoms with Crippen molar-refractivity contribution >= 4 is 29.1 Å². The maximum atomic E-state index is 12.5. The quantitative estimate of drug-likeness (QED) is 0.916. The average Bonchev–Trinajstić information content (AvgIpc) is 2.55. The van der Waals surface area contributed by atoms with Crippen molar-refractivity contribution in [1.29, 1.82) is 0 Å². The molecule has 126 valence electrons. The summed E-state index contributed by atoms with van der Waals surface area (Å²) in [5, 5.41) is 3.41. The van der Waals surface area contributed by atoms with Gasteiger partial charge in [-0.15, -0.1) is 0 Å². The predicted molar refractivity (Wildman–Crippen MR) is 96.8 cm³/mol. The zero-order valence-electron chi connectivity index (χ0n) is 13.9. The summed E-state index contributed by atoms with van der Waals surface area (Å²) < 4.78 is 0. The lowest BCUT2D eigenvalue weighted by Crippen LogP contribution is -2.34. The van der Waals surface area contributed by atoms with Gasteiger partial charge in [-0.05, 0) is 49.9 Å². The number of benzene rings is 1. The lowest BCUT2D eigenvalue weighted by atomic mass is 10.00. The number of aromatic nitrogens is 2. The van der Waals surface area contributed by atoms with Gasteiger partial charge in [0.05, 0.1) is 0 Å². The van der Waals surface area contributed by atoms with Crippen LogP contribution in [0.1, 0.15) is 35.9 Å². The molecule has 1 aromatic carbocycles. The Balaban J connectivity index is 1.79. The molecule has 0 atom stereocenters. The molecule has 0 unspecified atom stereocenters. The van der Waals surface area contributed by atoms with Crippen molar-refractivity contribution in [2.75, 3.05) is 23.3 Å². The van der Waals surface area contributed by atoms with Crippen LogP contribution in [0.15, 0.2) is 30.3 Å². The summed E-state index contributed by atoms with van der Waals surface area (Å²) in [5.74, 6) is 1.11. The minimum absolute atomic E-state index is 0.255. The second-order valence-corrected chi connectivity index (χ2v) is 6.77. The summed E-state index contributed by atoms with van der Waals surface area (Å²) in [6.07, 6.45) is 2.25. The fraction of sp³-hybridized carbons (Fsp3) is 0.389. The molecule has 24 heavy (non-hydrogen) atoms. The van der Waals surface area contributed by atoms with E-state index in [-0.39, 0.29) is 5.91 Å². The molecule has 0 saturated carbocycles. The Hall–Kier alpha value is -2.14. The van der Waals surface area contributed by atoms with Crippen molar-refractivity contribution in [1.82, 2.24) is 9.97 Å². The number of aryl methyl sites for hydroxylation is 1.